The molecule has 0 heterocycles. The molecule has 0 aliphatic heterocycles. The van der Waals surface area contributed by atoms with Gasteiger partial charge in [-0.15, -0.1) is 0 Å². The number of hydrogen-bond donors (Lipinski definition) is 2. The van der Waals surface area contributed by atoms with Crippen LogP contribution in [0.5, 0.6) is 0 Å². The molecule has 0 saturated carbocycles. The van der Waals surface area contributed by atoms with E-state index in [1.807, 2.05) is 24.3 Å². The fourth-order valence-electron chi connectivity index (χ4n) is 1.12. The molecule has 0 bridgehead atoms. The molecule has 2 N–H and O–H groups in total. The minimum atomic E-state index is -0.414. The fourth-order valence-corrected chi connectivity index (χ4v) is 1.12. The van der Waals surface area contributed by atoms with E-state index in [1.54, 1.807) is 14.0 Å². The third-order valence-electron chi connectivity index (χ3n) is 1.85. The second-order valence-electron chi connectivity index (χ2n) is 2.95. The van der Waals surface area contributed by atoms with E-state index in [9.17, 15) is 5.11 Å². The van der Waals surface area contributed by atoms with Crippen LogP contribution in [0.25, 0.3) is 0 Å². The van der Waals surface area contributed by atoms with Gasteiger partial charge in [-0.25, -0.2) is 0 Å². The Kier molecular flexibility index (Phi) is 3.89. The molecule has 1 aromatic carbocycles. The van der Waals surface area contributed by atoms with Crippen molar-refractivity contribution in [2.75, 3.05) is 7.11 Å². The first kappa shape index (κ1) is 10.2. The minimum absolute atomic E-state index is 0.414. The van der Waals surface area contributed by atoms with E-state index in [2.05, 4.69) is 5.48 Å². The van der Waals surface area contributed by atoms with Gasteiger partial charge >= 0.3 is 0 Å². The van der Waals surface area contributed by atoms with Crippen molar-refractivity contribution in [3.05, 3.63) is 35.4 Å². The van der Waals surface area contributed by atoms with Gasteiger partial charge in [-0.3, -0.25) is 0 Å². The normalized spacial score (nSPS) is 12.8. The molecule has 72 valence electrons. The molecule has 1 atom stereocenters. The van der Waals surface area contributed by atoms with Crippen LogP contribution in [0, 0.1) is 0 Å². The van der Waals surface area contributed by atoms with Gasteiger partial charge in [-0.2, -0.15) is 5.48 Å². The van der Waals surface area contributed by atoms with Crippen molar-refractivity contribution in [1.82, 2.24) is 5.48 Å². The van der Waals surface area contributed by atoms with Crippen LogP contribution in [0.4, 0.5) is 0 Å². The number of hydrogen-bond acceptors (Lipinski definition) is 3. The van der Waals surface area contributed by atoms with Crippen molar-refractivity contribution in [1.29, 1.82) is 0 Å². The van der Waals surface area contributed by atoms with Gasteiger partial charge in [0.25, 0.3) is 0 Å². The van der Waals surface area contributed by atoms with E-state index in [4.69, 9.17) is 4.84 Å². The lowest BCUT2D eigenvalue weighted by Crippen LogP contribution is -2.10. The molecule has 0 spiro atoms. The molecule has 0 radical (unpaired) electrons. The lowest BCUT2D eigenvalue weighted by Gasteiger charge is -2.07. The maximum absolute atomic E-state index is 9.32. The SMILES string of the molecule is CONCc1cccc(C(C)O)c1. The zero-order valence-electron chi connectivity index (χ0n) is 7.95. The number of hydroxylamine groups is 1. The summed E-state index contributed by atoms with van der Waals surface area (Å²) in [5, 5.41) is 9.32. The van der Waals surface area contributed by atoms with Crippen LogP contribution in [-0.4, -0.2) is 12.2 Å². The van der Waals surface area contributed by atoms with Gasteiger partial charge in [0.15, 0.2) is 0 Å². The van der Waals surface area contributed by atoms with Gasteiger partial charge in [-0.05, 0) is 18.1 Å². The minimum Gasteiger partial charge on any atom is -0.389 e. The standard InChI is InChI=1S/C10H15NO2/c1-8(12)10-5-3-4-9(6-10)7-11-13-2/h3-6,8,11-12H,7H2,1-2H3. The van der Waals surface area contributed by atoms with Gasteiger partial charge in [0.2, 0.25) is 0 Å². The van der Waals surface area contributed by atoms with Gasteiger partial charge < -0.3 is 9.94 Å². The summed E-state index contributed by atoms with van der Waals surface area (Å²) in [4.78, 5) is 4.73. The molecule has 13 heavy (non-hydrogen) atoms. The molecule has 1 unspecified atom stereocenters. The highest BCUT2D eigenvalue weighted by atomic mass is 16.6. The van der Waals surface area contributed by atoms with E-state index < -0.39 is 6.10 Å². The van der Waals surface area contributed by atoms with E-state index in [1.165, 1.54) is 0 Å². The topological polar surface area (TPSA) is 41.5 Å². The van der Waals surface area contributed by atoms with Gasteiger partial charge in [0, 0.05) is 6.54 Å². The van der Waals surface area contributed by atoms with Crippen molar-refractivity contribution >= 4 is 0 Å². The van der Waals surface area contributed by atoms with Crippen molar-refractivity contribution in [2.24, 2.45) is 0 Å². The monoisotopic (exact) mass is 181 g/mol. The first-order valence-electron chi connectivity index (χ1n) is 4.27. The average Bonchev–Trinajstić information content (AvgIpc) is 2.15. The van der Waals surface area contributed by atoms with Crippen LogP contribution in [0.1, 0.15) is 24.2 Å². The molecule has 0 fully saturated rings. The molecule has 3 heteroatoms. The number of benzene rings is 1. The summed E-state index contributed by atoms with van der Waals surface area (Å²) in [5.41, 5.74) is 4.77. The maximum Gasteiger partial charge on any atom is 0.0762 e. The average molecular weight is 181 g/mol. The Morgan fingerprint density at radius 2 is 2.31 bits per heavy atom. The summed E-state index contributed by atoms with van der Waals surface area (Å²) in [6.07, 6.45) is -0.414. The molecule has 1 rings (SSSR count). The highest BCUT2D eigenvalue weighted by molar-refractivity contribution is 5.24. The zero-order chi connectivity index (χ0) is 9.68. The predicted octanol–water partition coefficient (Wildman–Crippen LogP) is 1.39. The second kappa shape index (κ2) is 4.97. The third-order valence-corrected chi connectivity index (χ3v) is 1.85. The number of rotatable bonds is 4. The number of aliphatic hydroxyl groups excluding tert-OH is 1. The number of nitrogens with one attached hydrogen (secondary N) is 1. The molecule has 0 aliphatic rings. The molecule has 1 aromatic rings. The van der Waals surface area contributed by atoms with Crippen LogP contribution < -0.4 is 5.48 Å². The van der Waals surface area contributed by atoms with E-state index in [0.29, 0.717) is 6.54 Å². The molecular formula is C10H15NO2. The summed E-state index contributed by atoms with van der Waals surface area (Å²) >= 11 is 0. The van der Waals surface area contributed by atoms with E-state index in [0.717, 1.165) is 11.1 Å². The quantitative estimate of drug-likeness (QED) is 0.690. The van der Waals surface area contributed by atoms with Crippen molar-refractivity contribution < 1.29 is 9.94 Å². The molecule has 0 aliphatic carbocycles. The summed E-state index contributed by atoms with van der Waals surface area (Å²) in [6, 6.07) is 7.77. The Labute approximate surface area is 78.3 Å². The van der Waals surface area contributed by atoms with Gasteiger partial charge in [0.05, 0.1) is 13.2 Å². The highest BCUT2D eigenvalue weighted by Gasteiger charge is 2.00. The highest BCUT2D eigenvalue weighted by Crippen LogP contribution is 2.13. The Morgan fingerprint density at radius 1 is 1.54 bits per heavy atom. The smallest absolute Gasteiger partial charge is 0.0762 e. The predicted molar refractivity (Wildman–Crippen MR) is 50.9 cm³/mol. The lowest BCUT2D eigenvalue weighted by molar-refractivity contribution is 0.0866. The summed E-state index contributed by atoms with van der Waals surface area (Å²) in [6.45, 7) is 2.40. The van der Waals surface area contributed by atoms with Crippen molar-refractivity contribution in [3.63, 3.8) is 0 Å². The Hall–Kier alpha value is -0.900. The van der Waals surface area contributed by atoms with Crippen LogP contribution >= 0.6 is 0 Å². The van der Waals surface area contributed by atoms with Crippen molar-refractivity contribution in [2.45, 2.75) is 19.6 Å². The maximum atomic E-state index is 9.32. The molecule has 3 nitrogen and oxygen atoms in total. The van der Waals surface area contributed by atoms with Crippen LogP contribution in [0.2, 0.25) is 0 Å². The third kappa shape index (κ3) is 3.14. The summed E-state index contributed by atoms with van der Waals surface area (Å²) in [5.74, 6) is 0. The van der Waals surface area contributed by atoms with E-state index in [-0.39, 0.29) is 0 Å². The lowest BCUT2D eigenvalue weighted by atomic mass is 10.1. The molecule has 0 saturated heterocycles. The molecule has 0 amide bonds. The summed E-state index contributed by atoms with van der Waals surface area (Å²) < 4.78 is 0. The molecule has 0 aromatic heterocycles. The van der Waals surface area contributed by atoms with Crippen LogP contribution in [0.3, 0.4) is 0 Å². The van der Waals surface area contributed by atoms with Crippen LogP contribution in [0.15, 0.2) is 24.3 Å². The first-order chi connectivity index (χ1) is 6.24. The van der Waals surface area contributed by atoms with Gasteiger partial charge in [-0.1, -0.05) is 24.3 Å². The first-order valence-corrected chi connectivity index (χ1v) is 4.27. The Balaban J connectivity index is 2.68. The fraction of sp³-hybridized carbons (Fsp3) is 0.400. The largest absolute Gasteiger partial charge is 0.389 e. The van der Waals surface area contributed by atoms with Crippen molar-refractivity contribution in [3.8, 4) is 0 Å². The Bertz CT molecular complexity index is 261. The Morgan fingerprint density at radius 3 is 2.92 bits per heavy atom. The summed E-state index contributed by atoms with van der Waals surface area (Å²) in [7, 11) is 1.58. The van der Waals surface area contributed by atoms with Crippen LogP contribution in [-0.2, 0) is 11.4 Å². The van der Waals surface area contributed by atoms with Gasteiger partial charge in [0.1, 0.15) is 0 Å². The zero-order valence-corrected chi connectivity index (χ0v) is 7.95. The molecular weight excluding hydrogens is 166 g/mol. The number of aliphatic hydroxyl groups is 1. The van der Waals surface area contributed by atoms with E-state index >= 15 is 0 Å². The second-order valence-corrected chi connectivity index (χ2v) is 2.95.